The van der Waals surface area contributed by atoms with Crippen molar-refractivity contribution in [3.8, 4) is 0 Å². The van der Waals surface area contributed by atoms with E-state index >= 15 is 0 Å². The summed E-state index contributed by atoms with van der Waals surface area (Å²) >= 11 is 12.0. The Labute approximate surface area is 157 Å². The number of urea groups is 1. The molecule has 1 aromatic carbocycles. The lowest BCUT2D eigenvalue weighted by atomic mass is 10.2. The molecule has 1 atom stereocenters. The Morgan fingerprint density at radius 2 is 1.88 bits per heavy atom. The maximum absolute atomic E-state index is 12.7. The number of piperazine rings is 1. The fraction of sp³-hybridized carbons (Fsp3) is 0.529. The van der Waals surface area contributed by atoms with Gasteiger partial charge in [-0.05, 0) is 39.0 Å². The van der Waals surface area contributed by atoms with Crippen LogP contribution >= 0.6 is 23.2 Å². The fourth-order valence-electron chi connectivity index (χ4n) is 3.07. The third-order valence-corrected chi connectivity index (χ3v) is 4.96. The number of carbonyl (C=O) groups is 2. The average Bonchev–Trinajstić information content (AvgIpc) is 2.85. The molecule has 0 bridgehead atoms. The Morgan fingerprint density at radius 1 is 1.16 bits per heavy atom. The number of amides is 3. The summed E-state index contributed by atoms with van der Waals surface area (Å²) in [5.41, 5.74) is 0.170. The highest BCUT2D eigenvalue weighted by Gasteiger charge is 2.42. The minimum absolute atomic E-state index is 0.0665. The molecule has 0 saturated carbocycles. The van der Waals surface area contributed by atoms with Crippen molar-refractivity contribution in [2.24, 2.45) is 0 Å². The van der Waals surface area contributed by atoms with Crippen molar-refractivity contribution in [2.45, 2.75) is 32.4 Å². The number of hydrogen-bond donors (Lipinski definition) is 0. The van der Waals surface area contributed by atoms with Crippen LogP contribution in [0.4, 0.5) is 15.3 Å². The zero-order valence-electron chi connectivity index (χ0n) is 14.5. The molecule has 2 saturated heterocycles. The molecule has 2 heterocycles. The Morgan fingerprint density at radius 3 is 2.52 bits per heavy atom. The van der Waals surface area contributed by atoms with Gasteiger partial charge >= 0.3 is 12.1 Å². The standard InChI is InChI=1S/C17H21Cl2N3O3/c1-17(2,3)25-16(24)20-6-7-21-12(9-20)10-22(15(21)23)11-4-5-13(18)14(19)8-11/h4-5,8,12H,6-7,9-10H2,1-3H3. The van der Waals surface area contributed by atoms with Crippen LogP contribution in [-0.4, -0.2) is 59.7 Å². The van der Waals surface area contributed by atoms with Crippen molar-refractivity contribution >= 4 is 41.0 Å². The van der Waals surface area contributed by atoms with Crippen LogP contribution in [0.1, 0.15) is 20.8 Å². The third kappa shape index (κ3) is 3.80. The summed E-state index contributed by atoms with van der Waals surface area (Å²) in [5, 5.41) is 0.859. The number of rotatable bonds is 1. The van der Waals surface area contributed by atoms with Crippen molar-refractivity contribution in [2.75, 3.05) is 31.1 Å². The SMILES string of the molecule is CC(C)(C)OC(=O)N1CCN2C(=O)N(c3ccc(Cl)c(Cl)c3)CC2C1. The van der Waals surface area contributed by atoms with E-state index in [1.54, 1.807) is 32.9 Å². The topological polar surface area (TPSA) is 53.1 Å². The van der Waals surface area contributed by atoms with Gasteiger partial charge in [0.1, 0.15) is 5.60 Å². The van der Waals surface area contributed by atoms with E-state index in [4.69, 9.17) is 27.9 Å². The van der Waals surface area contributed by atoms with Crippen LogP contribution in [0, 0.1) is 0 Å². The molecular weight excluding hydrogens is 365 g/mol. The van der Waals surface area contributed by atoms with E-state index < -0.39 is 5.60 Å². The zero-order chi connectivity index (χ0) is 18.4. The van der Waals surface area contributed by atoms with Crippen molar-refractivity contribution in [3.63, 3.8) is 0 Å². The van der Waals surface area contributed by atoms with E-state index in [1.807, 2.05) is 20.8 Å². The first-order valence-electron chi connectivity index (χ1n) is 8.17. The number of halogens is 2. The number of carbonyl (C=O) groups excluding carboxylic acids is 2. The summed E-state index contributed by atoms with van der Waals surface area (Å²) in [6.45, 7) is 7.42. The van der Waals surface area contributed by atoms with Crippen LogP contribution in [-0.2, 0) is 4.74 Å². The zero-order valence-corrected chi connectivity index (χ0v) is 16.0. The Balaban J connectivity index is 1.71. The lowest BCUT2D eigenvalue weighted by molar-refractivity contribution is 0.0128. The van der Waals surface area contributed by atoms with Gasteiger partial charge in [-0.25, -0.2) is 9.59 Å². The summed E-state index contributed by atoms with van der Waals surface area (Å²) in [6.07, 6.45) is -0.340. The Bertz CT molecular complexity index is 705. The van der Waals surface area contributed by atoms with Crippen molar-refractivity contribution in [1.29, 1.82) is 0 Å². The van der Waals surface area contributed by atoms with E-state index in [0.717, 1.165) is 0 Å². The minimum Gasteiger partial charge on any atom is -0.444 e. The molecule has 3 amide bonds. The average molecular weight is 386 g/mol. The monoisotopic (exact) mass is 385 g/mol. The predicted octanol–water partition coefficient (Wildman–Crippen LogP) is 3.85. The summed E-state index contributed by atoms with van der Waals surface area (Å²) in [7, 11) is 0. The summed E-state index contributed by atoms with van der Waals surface area (Å²) < 4.78 is 5.43. The third-order valence-electron chi connectivity index (χ3n) is 4.22. The van der Waals surface area contributed by atoms with Gasteiger partial charge < -0.3 is 14.5 Å². The summed E-state index contributed by atoms with van der Waals surface area (Å²) in [6, 6.07) is 4.99. The lowest BCUT2D eigenvalue weighted by Gasteiger charge is -2.36. The first kappa shape index (κ1) is 18.1. The van der Waals surface area contributed by atoms with E-state index in [1.165, 1.54) is 0 Å². The first-order valence-corrected chi connectivity index (χ1v) is 8.92. The molecule has 2 aliphatic heterocycles. The number of nitrogens with zero attached hydrogens (tertiary/aromatic N) is 3. The molecule has 1 unspecified atom stereocenters. The predicted molar refractivity (Wildman–Crippen MR) is 97.5 cm³/mol. The van der Waals surface area contributed by atoms with Crippen molar-refractivity contribution in [1.82, 2.24) is 9.80 Å². The van der Waals surface area contributed by atoms with Crippen LogP contribution in [0.5, 0.6) is 0 Å². The molecule has 1 aromatic rings. The Hall–Kier alpha value is -1.66. The number of hydrogen-bond acceptors (Lipinski definition) is 3. The molecule has 0 radical (unpaired) electrons. The smallest absolute Gasteiger partial charge is 0.410 e. The fourth-order valence-corrected chi connectivity index (χ4v) is 3.36. The molecule has 0 spiro atoms. The second kappa shape index (κ2) is 6.57. The summed E-state index contributed by atoms with van der Waals surface area (Å²) in [5.74, 6) is 0. The van der Waals surface area contributed by atoms with Crippen molar-refractivity contribution < 1.29 is 14.3 Å². The van der Waals surface area contributed by atoms with E-state index in [2.05, 4.69) is 0 Å². The first-order chi connectivity index (χ1) is 11.7. The van der Waals surface area contributed by atoms with Gasteiger partial charge in [-0.2, -0.15) is 0 Å². The van der Waals surface area contributed by atoms with Crippen LogP contribution < -0.4 is 4.90 Å². The van der Waals surface area contributed by atoms with Crippen LogP contribution in [0.15, 0.2) is 18.2 Å². The van der Waals surface area contributed by atoms with E-state index in [-0.39, 0.29) is 18.2 Å². The number of benzene rings is 1. The van der Waals surface area contributed by atoms with Crippen LogP contribution in [0.3, 0.4) is 0 Å². The molecule has 6 nitrogen and oxygen atoms in total. The lowest BCUT2D eigenvalue weighted by Crippen LogP contribution is -2.54. The highest BCUT2D eigenvalue weighted by molar-refractivity contribution is 6.42. The minimum atomic E-state index is -0.536. The second-order valence-corrected chi connectivity index (χ2v) is 8.08. The maximum atomic E-state index is 12.7. The quantitative estimate of drug-likeness (QED) is 0.737. The molecule has 25 heavy (non-hydrogen) atoms. The van der Waals surface area contributed by atoms with E-state index in [9.17, 15) is 9.59 Å². The molecule has 0 N–H and O–H groups in total. The van der Waals surface area contributed by atoms with Gasteiger partial charge in [0.25, 0.3) is 0 Å². The molecular formula is C17H21Cl2N3O3. The molecule has 0 aliphatic carbocycles. The highest BCUT2D eigenvalue weighted by atomic mass is 35.5. The van der Waals surface area contributed by atoms with Gasteiger partial charge in [0, 0.05) is 31.9 Å². The molecule has 2 aliphatic rings. The second-order valence-electron chi connectivity index (χ2n) is 7.27. The largest absolute Gasteiger partial charge is 0.444 e. The van der Waals surface area contributed by atoms with Crippen molar-refractivity contribution in [3.05, 3.63) is 28.2 Å². The van der Waals surface area contributed by atoms with Crippen LogP contribution in [0.25, 0.3) is 0 Å². The molecule has 136 valence electrons. The molecule has 8 heteroatoms. The summed E-state index contributed by atoms with van der Waals surface area (Å²) in [4.78, 5) is 30.1. The van der Waals surface area contributed by atoms with Gasteiger partial charge in [-0.1, -0.05) is 23.2 Å². The van der Waals surface area contributed by atoms with E-state index in [0.29, 0.717) is 41.9 Å². The molecule has 2 fully saturated rings. The van der Waals surface area contributed by atoms with Gasteiger partial charge in [-0.15, -0.1) is 0 Å². The van der Waals surface area contributed by atoms with Gasteiger partial charge in [0.05, 0.1) is 16.1 Å². The Kier molecular flexibility index (Phi) is 4.77. The van der Waals surface area contributed by atoms with Gasteiger partial charge in [0.15, 0.2) is 0 Å². The number of ether oxygens (including phenoxy) is 1. The highest BCUT2D eigenvalue weighted by Crippen LogP contribution is 2.31. The maximum Gasteiger partial charge on any atom is 0.410 e. The molecule has 0 aromatic heterocycles. The van der Waals surface area contributed by atoms with Crippen LogP contribution in [0.2, 0.25) is 10.0 Å². The van der Waals surface area contributed by atoms with Gasteiger partial charge in [0.2, 0.25) is 0 Å². The normalized spacial score (nSPS) is 20.8. The number of fused-ring (bicyclic) bond motifs is 1. The number of anilines is 1. The van der Waals surface area contributed by atoms with Gasteiger partial charge in [-0.3, -0.25) is 4.90 Å². The molecule has 3 rings (SSSR count).